The highest BCUT2D eigenvalue weighted by molar-refractivity contribution is 9.10. The van der Waals surface area contributed by atoms with Crippen LogP contribution in [0.5, 0.6) is 0 Å². The Labute approximate surface area is 169 Å². The van der Waals surface area contributed by atoms with E-state index in [1.165, 1.54) is 0 Å². The topological polar surface area (TPSA) is 49.4 Å². The van der Waals surface area contributed by atoms with Gasteiger partial charge in [0, 0.05) is 23.5 Å². The number of carbonyl (C=O) groups excluding carboxylic acids is 2. The van der Waals surface area contributed by atoms with E-state index >= 15 is 0 Å². The fourth-order valence-corrected chi connectivity index (χ4v) is 3.82. The highest BCUT2D eigenvalue weighted by Gasteiger charge is 2.33. The average molecular weight is 429 g/mol. The van der Waals surface area contributed by atoms with Gasteiger partial charge in [-0.05, 0) is 49.4 Å². The molecule has 0 bridgehead atoms. The molecule has 1 saturated heterocycles. The predicted octanol–water partition coefficient (Wildman–Crippen LogP) is 4.25. The fourth-order valence-electron chi connectivity index (χ4n) is 3.55. The van der Waals surface area contributed by atoms with Crippen molar-refractivity contribution in [3.63, 3.8) is 0 Å². The van der Waals surface area contributed by atoms with Crippen molar-refractivity contribution in [2.24, 2.45) is 0 Å². The number of nitrogens with one attached hydrogen (secondary N) is 1. The first-order chi connectivity index (χ1) is 13.0. The Balaban J connectivity index is 1.74. The number of likely N-dealkylation sites (tertiary alicyclic amines) is 1. The van der Waals surface area contributed by atoms with E-state index in [0.29, 0.717) is 13.0 Å². The summed E-state index contributed by atoms with van der Waals surface area (Å²) < 4.78 is 1.04. The summed E-state index contributed by atoms with van der Waals surface area (Å²) in [5.74, 6) is -0.0492. The van der Waals surface area contributed by atoms with Crippen LogP contribution in [-0.4, -0.2) is 29.3 Å². The maximum atomic E-state index is 13.1. The van der Waals surface area contributed by atoms with Gasteiger partial charge in [-0.3, -0.25) is 9.59 Å². The lowest BCUT2D eigenvalue weighted by atomic mass is 9.99. The van der Waals surface area contributed by atoms with Crippen LogP contribution in [0.3, 0.4) is 0 Å². The number of benzene rings is 2. The molecule has 3 rings (SSSR count). The zero-order chi connectivity index (χ0) is 19.2. The van der Waals surface area contributed by atoms with Gasteiger partial charge in [-0.1, -0.05) is 58.4 Å². The van der Waals surface area contributed by atoms with Crippen LogP contribution in [0.2, 0.25) is 0 Å². The highest BCUT2D eigenvalue weighted by Crippen LogP contribution is 2.26. The Morgan fingerprint density at radius 3 is 2.48 bits per heavy atom. The molecule has 2 aromatic carbocycles. The van der Waals surface area contributed by atoms with E-state index in [2.05, 4.69) is 33.4 Å². The number of piperidine rings is 1. The molecule has 0 aromatic heterocycles. The van der Waals surface area contributed by atoms with Gasteiger partial charge in [-0.15, -0.1) is 0 Å². The van der Waals surface area contributed by atoms with Crippen molar-refractivity contribution in [3.05, 3.63) is 70.2 Å². The van der Waals surface area contributed by atoms with Crippen molar-refractivity contribution in [2.45, 2.75) is 44.7 Å². The average Bonchev–Trinajstić information content (AvgIpc) is 2.66. The number of carbonyl (C=O) groups is 2. The summed E-state index contributed by atoms with van der Waals surface area (Å²) in [6.45, 7) is 2.63. The van der Waals surface area contributed by atoms with Gasteiger partial charge in [0.2, 0.25) is 11.8 Å². The van der Waals surface area contributed by atoms with Crippen molar-refractivity contribution in [2.75, 3.05) is 6.54 Å². The van der Waals surface area contributed by atoms with Crippen molar-refractivity contribution >= 4 is 27.7 Å². The molecule has 0 saturated carbocycles. The molecule has 0 radical (unpaired) electrons. The van der Waals surface area contributed by atoms with Crippen LogP contribution >= 0.6 is 15.9 Å². The Hall–Kier alpha value is -2.14. The number of hydrogen-bond donors (Lipinski definition) is 1. The molecule has 1 heterocycles. The van der Waals surface area contributed by atoms with Crippen LogP contribution in [0.1, 0.15) is 43.4 Å². The monoisotopic (exact) mass is 428 g/mol. The number of halogens is 1. The summed E-state index contributed by atoms with van der Waals surface area (Å²) in [5.41, 5.74) is 2.03. The molecule has 27 heavy (non-hydrogen) atoms. The Kier molecular flexibility index (Phi) is 6.67. The SMILES string of the molecule is CC(Cc1ccc(Br)cc1)NC(=O)C(c1ccccc1)N1CCCCC1=O. The largest absolute Gasteiger partial charge is 0.351 e. The van der Waals surface area contributed by atoms with Crippen LogP contribution < -0.4 is 5.32 Å². The van der Waals surface area contributed by atoms with E-state index in [4.69, 9.17) is 0 Å². The van der Waals surface area contributed by atoms with E-state index in [0.717, 1.165) is 34.9 Å². The molecule has 2 unspecified atom stereocenters. The summed E-state index contributed by atoms with van der Waals surface area (Å²) in [6.07, 6.45) is 3.11. The van der Waals surface area contributed by atoms with Crippen molar-refractivity contribution in [3.8, 4) is 0 Å². The maximum Gasteiger partial charge on any atom is 0.247 e. The molecule has 1 N–H and O–H groups in total. The molecular weight excluding hydrogens is 404 g/mol. The van der Waals surface area contributed by atoms with Crippen molar-refractivity contribution in [1.29, 1.82) is 0 Å². The zero-order valence-electron chi connectivity index (χ0n) is 15.5. The predicted molar refractivity (Wildman–Crippen MR) is 110 cm³/mol. The van der Waals surface area contributed by atoms with E-state index in [1.807, 2.05) is 49.4 Å². The van der Waals surface area contributed by atoms with Crippen LogP contribution in [-0.2, 0) is 16.0 Å². The lowest BCUT2D eigenvalue weighted by molar-refractivity contribution is -0.143. The zero-order valence-corrected chi connectivity index (χ0v) is 17.1. The van der Waals surface area contributed by atoms with Crippen LogP contribution in [0.15, 0.2) is 59.1 Å². The second-order valence-electron chi connectivity index (χ2n) is 7.10. The van der Waals surface area contributed by atoms with Crippen LogP contribution in [0.25, 0.3) is 0 Å². The second kappa shape index (κ2) is 9.18. The minimum absolute atomic E-state index is 0.0234. The number of rotatable bonds is 6. The minimum Gasteiger partial charge on any atom is -0.351 e. The first-order valence-corrected chi connectivity index (χ1v) is 10.2. The van der Waals surface area contributed by atoms with Crippen molar-refractivity contribution in [1.82, 2.24) is 10.2 Å². The smallest absolute Gasteiger partial charge is 0.247 e. The third-order valence-electron chi connectivity index (χ3n) is 4.88. The van der Waals surface area contributed by atoms with Gasteiger partial charge in [0.05, 0.1) is 0 Å². The molecular formula is C22H25BrN2O2. The third kappa shape index (κ3) is 5.19. The molecule has 0 spiro atoms. The molecule has 5 heteroatoms. The number of amides is 2. The Morgan fingerprint density at radius 2 is 1.81 bits per heavy atom. The molecule has 1 fully saturated rings. The normalized spacial score (nSPS) is 16.7. The summed E-state index contributed by atoms with van der Waals surface area (Å²) in [4.78, 5) is 27.3. The van der Waals surface area contributed by atoms with E-state index < -0.39 is 6.04 Å². The highest BCUT2D eigenvalue weighted by atomic mass is 79.9. The lowest BCUT2D eigenvalue weighted by Crippen LogP contribution is -2.47. The Bertz CT molecular complexity index is 777. The molecule has 2 amide bonds. The van der Waals surface area contributed by atoms with E-state index in [1.54, 1.807) is 4.90 Å². The molecule has 142 valence electrons. The van der Waals surface area contributed by atoms with Gasteiger partial charge in [0.1, 0.15) is 6.04 Å². The first kappa shape index (κ1) is 19.6. The molecule has 4 nitrogen and oxygen atoms in total. The maximum absolute atomic E-state index is 13.1. The fraction of sp³-hybridized carbons (Fsp3) is 0.364. The van der Waals surface area contributed by atoms with Crippen molar-refractivity contribution < 1.29 is 9.59 Å². The van der Waals surface area contributed by atoms with Gasteiger partial charge in [-0.25, -0.2) is 0 Å². The molecule has 1 aliphatic rings. The van der Waals surface area contributed by atoms with Crippen LogP contribution in [0.4, 0.5) is 0 Å². The summed E-state index contributed by atoms with van der Waals surface area (Å²) in [6, 6.07) is 17.1. The minimum atomic E-state index is -0.564. The summed E-state index contributed by atoms with van der Waals surface area (Å²) in [7, 11) is 0. The lowest BCUT2D eigenvalue weighted by Gasteiger charge is -2.34. The van der Waals surface area contributed by atoms with Crippen LogP contribution in [0, 0.1) is 0 Å². The summed E-state index contributed by atoms with van der Waals surface area (Å²) in [5, 5.41) is 3.11. The number of hydrogen-bond acceptors (Lipinski definition) is 2. The molecule has 0 aliphatic carbocycles. The first-order valence-electron chi connectivity index (χ1n) is 9.44. The quantitative estimate of drug-likeness (QED) is 0.747. The van der Waals surface area contributed by atoms with E-state index in [-0.39, 0.29) is 17.9 Å². The molecule has 2 atom stereocenters. The van der Waals surface area contributed by atoms with Gasteiger partial charge in [0.15, 0.2) is 0 Å². The van der Waals surface area contributed by atoms with Gasteiger partial charge in [-0.2, -0.15) is 0 Å². The van der Waals surface area contributed by atoms with Gasteiger partial charge >= 0.3 is 0 Å². The standard InChI is InChI=1S/C22H25BrN2O2/c1-16(15-17-10-12-19(23)13-11-17)24-22(27)21(18-7-3-2-4-8-18)25-14-6-5-9-20(25)26/h2-4,7-8,10-13,16,21H,5-6,9,14-15H2,1H3,(H,24,27). The number of nitrogens with zero attached hydrogens (tertiary/aromatic N) is 1. The Morgan fingerprint density at radius 1 is 1.11 bits per heavy atom. The molecule has 1 aliphatic heterocycles. The summed E-state index contributed by atoms with van der Waals surface area (Å²) >= 11 is 3.44. The molecule has 2 aromatic rings. The second-order valence-corrected chi connectivity index (χ2v) is 8.01. The van der Waals surface area contributed by atoms with Gasteiger partial charge < -0.3 is 10.2 Å². The third-order valence-corrected chi connectivity index (χ3v) is 5.41. The van der Waals surface area contributed by atoms with Gasteiger partial charge in [0.25, 0.3) is 0 Å². The van der Waals surface area contributed by atoms with E-state index in [9.17, 15) is 9.59 Å².